The molecule has 0 radical (unpaired) electrons. The fraction of sp³-hybridized carbons (Fsp3) is 0.533. The summed E-state index contributed by atoms with van der Waals surface area (Å²) >= 11 is 0. The number of benzene rings is 1. The third kappa shape index (κ3) is 4.74. The second kappa shape index (κ2) is 7.75. The Bertz CT molecular complexity index is 445. The van der Waals surface area contributed by atoms with Crippen molar-refractivity contribution in [2.75, 3.05) is 20.8 Å². The lowest BCUT2D eigenvalue weighted by Crippen LogP contribution is -2.45. The molecule has 0 saturated carbocycles. The minimum absolute atomic E-state index is 0.155. The van der Waals surface area contributed by atoms with E-state index in [-0.39, 0.29) is 18.6 Å². The Morgan fingerprint density at radius 1 is 1.25 bits per heavy atom. The van der Waals surface area contributed by atoms with Gasteiger partial charge in [0, 0.05) is 6.04 Å². The average Bonchev–Trinajstić information content (AvgIpc) is 2.42. The van der Waals surface area contributed by atoms with Crippen LogP contribution < -0.4 is 14.8 Å². The Balaban J connectivity index is 2.74. The van der Waals surface area contributed by atoms with Crippen LogP contribution in [0.1, 0.15) is 19.4 Å². The van der Waals surface area contributed by atoms with Crippen molar-refractivity contribution in [3.05, 3.63) is 23.8 Å². The van der Waals surface area contributed by atoms with E-state index >= 15 is 0 Å². The highest BCUT2D eigenvalue weighted by molar-refractivity contribution is 5.75. The summed E-state index contributed by atoms with van der Waals surface area (Å²) in [6, 6.07) is 5.30. The van der Waals surface area contributed by atoms with Crippen LogP contribution in [0.5, 0.6) is 11.5 Å². The van der Waals surface area contributed by atoms with Crippen LogP contribution in [0.25, 0.3) is 0 Å². The molecule has 0 amide bonds. The van der Waals surface area contributed by atoms with Gasteiger partial charge in [-0.05, 0) is 24.6 Å². The standard InChI is InChI=1S/C15H23NO4/c1-10(2)16-12(15(17)19-5)9-20-13-7-6-11(3)8-14(13)18-4/h6-8,10,12,16H,9H2,1-5H3. The number of hydrogen-bond acceptors (Lipinski definition) is 5. The zero-order valence-corrected chi connectivity index (χ0v) is 12.7. The van der Waals surface area contributed by atoms with Gasteiger partial charge in [-0.15, -0.1) is 0 Å². The molecule has 0 aliphatic rings. The highest BCUT2D eigenvalue weighted by atomic mass is 16.5. The van der Waals surface area contributed by atoms with E-state index in [1.165, 1.54) is 7.11 Å². The summed E-state index contributed by atoms with van der Waals surface area (Å²) in [4.78, 5) is 11.7. The largest absolute Gasteiger partial charge is 0.493 e. The van der Waals surface area contributed by atoms with Crippen LogP contribution in [0, 0.1) is 6.92 Å². The van der Waals surface area contributed by atoms with Gasteiger partial charge >= 0.3 is 5.97 Å². The zero-order chi connectivity index (χ0) is 15.1. The molecule has 20 heavy (non-hydrogen) atoms. The smallest absolute Gasteiger partial charge is 0.326 e. The van der Waals surface area contributed by atoms with E-state index < -0.39 is 6.04 Å². The first-order chi connectivity index (χ1) is 9.47. The lowest BCUT2D eigenvalue weighted by atomic mass is 10.2. The van der Waals surface area contributed by atoms with Gasteiger partial charge in [-0.25, -0.2) is 0 Å². The Kier molecular flexibility index (Phi) is 6.31. The van der Waals surface area contributed by atoms with Gasteiger partial charge < -0.3 is 14.2 Å². The quantitative estimate of drug-likeness (QED) is 0.774. The molecule has 0 spiro atoms. The lowest BCUT2D eigenvalue weighted by molar-refractivity contribution is -0.144. The van der Waals surface area contributed by atoms with Crippen LogP contribution in [-0.4, -0.2) is 38.9 Å². The van der Waals surface area contributed by atoms with Crippen molar-refractivity contribution in [1.82, 2.24) is 5.32 Å². The number of nitrogens with one attached hydrogen (secondary N) is 1. The number of aryl methyl sites for hydroxylation is 1. The zero-order valence-electron chi connectivity index (χ0n) is 12.7. The van der Waals surface area contributed by atoms with Crippen molar-refractivity contribution < 1.29 is 19.0 Å². The van der Waals surface area contributed by atoms with Crippen molar-refractivity contribution in [2.24, 2.45) is 0 Å². The summed E-state index contributed by atoms with van der Waals surface area (Å²) in [5, 5.41) is 3.11. The average molecular weight is 281 g/mol. The van der Waals surface area contributed by atoms with Crippen LogP contribution in [0.15, 0.2) is 18.2 Å². The SMILES string of the molecule is COC(=O)C(COc1ccc(C)cc1OC)NC(C)C. The lowest BCUT2D eigenvalue weighted by Gasteiger charge is -2.20. The molecular formula is C15H23NO4. The third-order valence-electron chi connectivity index (χ3n) is 2.74. The number of esters is 1. The van der Waals surface area contributed by atoms with E-state index in [4.69, 9.17) is 14.2 Å². The molecule has 1 rings (SSSR count). The van der Waals surface area contributed by atoms with Crippen molar-refractivity contribution in [3.63, 3.8) is 0 Å². The number of ether oxygens (including phenoxy) is 3. The second-order valence-corrected chi connectivity index (χ2v) is 4.86. The maximum atomic E-state index is 11.7. The number of carbonyl (C=O) groups excluding carboxylic acids is 1. The molecule has 0 fully saturated rings. The van der Waals surface area contributed by atoms with Gasteiger partial charge in [0.25, 0.3) is 0 Å². The molecule has 0 saturated heterocycles. The Morgan fingerprint density at radius 3 is 2.50 bits per heavy atom. The molecule has 1 aromatic carbocycles. The molecule has 5 nitrogen and oxygen atoms in total. The van der Waals surface area contributed by atoms with Gasteiger partial charge in [-0.3, -0.25) is 10.1 Å². The molecule has 1 aromatic rings. The fourth-order valence-corrected chi connectivity index (χ4v) is 1.80. The maximum absolute atomic E-state index is 11.7. The topological polar surface area (TPSA) is 56.8 Å². The fourth-order valence-electron chi connectivity index (χ4n) is 1.80. The molecule has 0 bridgehead atoms. The molecule has 112 valence electrons. The summed E-state index contributed by atoms with van der Waals surface area (Å²) in [7, 11) is 2.95. The third-order valence-corrected chi connectivity index (χ3v) is 2.74. The predicted molar refractivity (Wildman–Crippen MR) is 77.3 cm³/mol. The van der Waals surface area contributed by atoms with E-state index in [1.54, 1.807) is 7.11 Å². The van der Waals surface area contributed by atoms with E-state index in [0.29, 0.717) is 11.5 Å². The first-order valence-electron chi connectivity index (χ1n) is 6.59. The van der Waals surface area contributed by atoms with Crippen LogP contribution >= 0.6 is 0 Å². The monoisotopic (exact) mass is 281 g/mol. The van der Waals surface area contributed by atoms with Crippen molar-refractivity contribution >= 4 is 5.97 Å². The van der Waals surface area contributed by atoms with Gasteiger partial charge in [0.05, 0.1) is 14.2 Å². The molecule has 1 unspecified atom stereocenters. The number of methoxy groups -OCH3 is 2. The number of rotatable bonds is 7. The van der Waals surface area contributed by atoms with Crippen LogP contribution in [0.2, 0.25) is 0 Å². The van der Waals surface area contributed by atoms with Crippen LogP contribution in [0.3, 0.4) is 0 Å². The minimum Gasteiger partial charge on any atom is -0.493 e. The van der Waals surface area contributed by atoms with Crippen LogP contribution in [-0.2, 0) is 9.53 Å². The summed E-state index contributed by atoms with van der Waals surface area (Å²) in [6.07, 6.45) is 0. The minimum atomic E-state index is -0.508. The van der Waals surface area contributed by atoms with Gasteiger partial charge in [0.15, 0.2) is 11.5 Å². The molecule has 1 N–H and O–H groups in total. The molecule has 5 heteroatoms. The van der Waals surface area contributed by atoms with Gasteiger partial charge in [-0.2, -0.15) is 0 Å². The van der Waals surface area contributed by atoms with Crippen molar-refractivity contribution in [2.45, 2.75) is 32.9 Å². The molecule has 1 atom stereocenters. The van der Waals surface area contributed by atoms with Gasteiger partial charge in [0.2, 0.25) is 0 Å². The van der Waals surface area contributed by atoms with Crippen LogP contribution in [0.4, 0.5) is 0 Å². The van der Waals surface area contributed by atoms with E-state index in [1.807, 2.05) is 39.0 Å². The summed E-state index contributed by atoms with van der Waals surface area (Å²) in [5.74, 6) is 0.917. The normalized spacial score (nSPS) is 12.1. The molecule has 0 aromatic heterocycles. The molecule has 0 heterocycles. The Labute approximate surface area is 120 Å². The van der Waals surface area contributed by atoms with Gasteiger partial charge in [0.1, 0.15) is 12.6 Å². The highest BCUT2D eigenvalue weighted by Crippen LogP contribution is 2.27. The number of hydrogen-bond donors (Lipinski definition) is 1. The summed E-state index contributed by atoms with van der Waals surface area (Å²) in [5.41, 5.74) is 1.08. The predicted octanol–water partition coefficient (Wildman–Crippen LogP) is 1.92. The van der Waals surface area contributed by atoms with Gasteiger partial charge in [-0.1, -0.05) is 19.9 Å². The molecular weight excluding hydrogens is 258 g/mol. The van der Waals surface area contributed by atoms with E-state index in [2.05, 4.69) is 5.32 Å². The molecule has 0 aliphatic carbocycles. The van der Waals surface area contributed by atoms with E-state index in [9.17, 15) is 4.79 Å². The maximum Gasteiger partial charge on any atom is 0.326 e. The Hall–Kier alpha value is -1.75. The Morgan fingerprint density at radius 2 is 1.95 bits per heavy atom. The second-order valence-electron chi connectivity index (χ2n) is 4.86. The summed E-state index contributed by atoms with van der Waals surface area (Å²) < 4.78 is 15.7. The van der Waals surface area contributed by atoms with E-state index in [0.717, 1.165) is 5.56 Å². The first kappa shape index (κ1) is 16.3. The highest BCUT2D eigenvalue weighted by Gasteiger charge is 2.21. The van der Waals surface area contributed by atoms with Crippen molar-refractivity contribution in [3.8, 4) is 11.5 Å². The first-order valence-corrected chi connectivity index (χ1v) is 6.59. The molecule has 0 aliphatic heterocycles. The summed E-state index contributed by atoms with van der Waals surface area (Å²) in [6.45, 7) is 6.08. The number of carbonyl (C=O) groups is 1. The van der Waals surface area contributed by atoms with Crippen molar-refractivity contribution in [1.29, 1.82) is 0 Å².